The van der Waals surface area contributed by atoms with Crippen molar-refractivity contribution in [3.63, 3.8) is 0 Å². The van der Waals surface area contributed by atoms with Crippen LogP contribution in [-0.4, -0.2) is 25.6 Å². The third-order valence-corrected chi connectivity index (χ3v) is 6.72. The number of amides is 1. The SMILES string of the molecule is NC1CCC(S(=O)(=O)c2ccccc2)C1C(=O)Nc1ccccc1. The Bertz CT molecular complexity index is 807. The highest BCUT2D eigenvalue weighted by molar-refractivity contribution is 7.92. The summed E-state index contributed by atoms with van der Waals surface area (Å²) in [4.78, 5) is 12.9. The molecule has 24 heavy (non-hydrogen) atoms. The van der Waals surface area contributed by atoms with E-state index in [2.05, 4.69) is 5.32 Å². The lowest BCUT2D eigenvalue weighted by atomic mass is 10.0. The van der Waals surface area contributed by atoms with Crippen LogP contribution in [0, 0.1) is 5.92 Å². The van der Waals surface area contributed by atoms with E-state index >= 15 is 0 Å². The third kappa shape index (κ3) is 3.20. The molecular weight excluding hydrogens is 324 g/mol. The van der Waals surface area contributed by atoms with Crippen molar-refractivity contribution < 1.29 is 13.2 Å². The molecule has 126 valence electrons. The zero-order valence-corrected chi connectivity index (χ0v) is 13.9. The Morgan fingerprint density at radius 1 is 0.958 bits per heavy atom. The first-order chi connectivity index (χ1) is 11.5. The fraction of sp³-hybridized carbons (Fsp3) is 0.278. The summed E-state index contributed by atoms with van der Waals surface area (Å²) in [5, 5.41) is 1.99. The highest BCUT2D eigenvalue weighted by atomic mass is 32.2. The van der Waals surface area contributed by atoms with E-state index in [1.54, 1.807) is 42.5 Å². The van der Waals surface area contributed by atoms with Crippen LogP contribution in [0.15, 0.2) is 65.6 Å². The Labute approximate surface area is 141 Å². The molecule has 2 aromatic carbocycles. The van der Waals surface area contributed by atoms with Crippen LogP contribution in [0.4, 0.5) is 5.69 Å². The summed E-state index contributed by atoms with van der Waals surface area (Å²) in [6, 6.07) is 16.8. The fourth-order valence-electron chi connectivity index (χ4n) is 3.24. The van der Waals surface area contributed by atoms with Gasteiger partial charge in [0.25, 0.3) is 0 Å². The minimum Gasteiger partial charge on any atom is -0.327 e. The first kappa shape index (κ1) is 16.7. The number of para-hydroxylation sites is 1. The van der Waals surface area contributed by atoms with E-state index in [-0.39, 0.29) is 10.8 Å². The van der Waals surface area contributed by atoms with Gasteiger partial charge < -0.3 is 11.1 Å². The lowest BCUT2D eigenvalue weighted by Crippen LogP contribution is -2.42. The molecule has 3 rings (SSSR count). The van der Waals surface area contributed by atoms with Crippen molar-refractivity contribution in [3.05, 3.63) is 60.7 Å². The zero-order valence-electron chi connectivity index (χ0n) is 13.1. The number of hydrogen-bond donors (Lipinski definition) is 2. The van der Waals surface area contributed by atoms with Crippen LogP contribution < -0.4 is 11.1 Å². The first-order valence-electron chi connectivity index (χ1n) is 7.90. The number of benzene rings is 2. The minimum absolute atomic E-state index is 0.238. The molecule has 0 saturated heterocycles. The van der Waals surface area contributed by atoms with Crippen molar-refractivity contribution >= 4 is 21.4 Å². The summed E-state index contributed by atoms with van der Waals surface area (Å²) < 4.78 is 25.8. The lowest BCUT2D eigenvalue weighted by molar-refractivity contribution is -0.119. The minimum atomic E-state index is -3.60. The molecule has 1 saturated carbocycles. The standard InChI is InChI=1S/C18H20N2O3S/c19-15-11-12-16(24(22,23)14-9-5-2-6-10-14)17(15)18(21)20-13-7-3-1-4-8-13/h1-10,15-17H,11-12,19H2,(H,20,21). The van der Waals surface area contributed by atoms with Crippen molar-refractivity contribution in [2.45, 2.75) is 29.0 Å². The molecule has 0 spiro atoms. The van der Waals surface area contributed by atoms with Crippen LogP contribution in [0.1, 0.15) is 12.8 Å². The van der Waals surface area contributed by atoms with E-state index in [1.165, 1.54) is 0 Å². The number of rotatable bonds is 4. The molecule has 6 heteroatoms. The van der Waals surface area contributed by atoms with Crippen LogP contribution in [0.25, 0.3) is 0 Å². The van der Waals surface area contributed by atoms with E-state index in [0.717, 1.165) is 0 Å². The number of anilines is 1. The van der Waals surface area contributed by atoms with E-state index in [9.17, 15) is 13.2 Å². The fourth-order valence-corrected chi connectivity index (χ4v) is 5.28. The van der Waals surface area contributed by atoms with Gasteiger partial charge >= 0.3 is 0 Å². The average molecular weight is 344 g/mol. The topological polar surface area (TPSA) is 89.3 Å². The van der Waals surface area contributed by atoms with Gasteiger partial charge in [-0.05, 0) is 37.1 Å². The molecular formula is C18H20N2O3S. The van der Waals surface area contributed by atoms with E-state index in [4.69, 9.17) is 5.73 Å². The summed E-state index contributed by atoms with van der Waals surface area (Å²) in [5.41, 5.74) is 6.71. The van der Waals surface area contributed by atoms with Crippen molar-refractivity contribution in [2.75, 3.05) is 5.32 Å². The second-order valence-corrected chi connectivity index (χ2v) is 8.19. The van der Waals surface area contributed by atoms with Crippen molar-refractivity contribution in [3.8, 4) is 0 Å². The summed E-state index contributed by atoms with van der Waals surface area (Å²) in [7, 11) is -3.60. The largest absolute Gasteiger partial charge is 0.327 e. The third-order valence-electron chi connectivity index (χ3n) is 4.46. The maximum Gasteiger partial charge on any atom is 0.230 e. The Morgan fingerprint density at radius 3 is 2.17 bits per heavy atom. The zero-order chi connectivity index (χ0) is 17.2. The summed E-state index contributed by atoms with van der Waals surface area (Å²) >= 11 is 0. The van der Waals surface area contributed by atoms with Crippen LogP contribution in [0.3, 0.4) is 0 Å². The second-order valence-electron chi connectivity index (χ2n) is 6.02. The van der Waals surface area contributed by atoms with Gasteiger partial charge in [-0.3, -0.25) is 4.79 Å². The van der Waals surface area contributed by atoms with Gasteiger partial charge in [0.15, 0.2) is 9.84 Å². The molecule has 0 bridgehead atoms. The van der Waals surface area contributed by atoms with E-state index in [1.807, 2.05) is 18.2 Å². The number of nitrogens with one attached hydrogen (secondary N) is 1. The molecule has 0 aliphatic heterocycles. The molecule has 5 nitrogen and oxygen atoms in total. The Kier molecular flexibility index (Phi) is 4.69. The molecule has 0 radical (unpaired) electrons. The normalized spacial score (nSPS) is 23.8. The van der Waals surface area contributed by atoms with Crippen molar-refractivity contribution in [2.24, 2.45) is 11.7 Å². The van der Waals surface area contributed by atoms with Crippen molar-refractivity contribution in [1.82, 2.24) is 0 Å². The van der Waals surface area contributed by atoms with Gasteiger partial charge in [0.2, 0.25) is 5.91 Å². The molecule has 1 fully saturated rings. The van der Waals surface area contributed by atoms with Gasteiger partial charge in [-0.15, -0.1) is 0 Å². The molecule has 2 aromatic rings. The average Bonchev–Trinajstić information content (AvgIpc) is 2.99. The lowest BCUT2D eigenvalue weighted by Gasteiger charge is -2.22. The van der Waals surface area contributed by atoms with Gasteiger partial charge in [0.1, 0.15) is 0 Å². The molecule has 3 N–H and O–H groups in total. The predicted molar refractivity (Wildman–Crippen MR) is 93.2 cm³/mol. The molecule has 1 aliphatic carbocycles. The summed E-state index contributed by atoms with van der Waals surface area (Å²) in [6.07, 6.45) is 0.912. The Hall–Kier alpha value is -2.18. The molecule has 3 unspecified atom stereocenters. The Balaban J connectivity index is 1.87. The van der Waals surface area contributed by atoms with Crippen LogP contribution in [-0.2, 0) is 14.6 Å². The number of nitrogens with two attached hydrogens (primary N) is 1. The predicted octanol–water partition coefficient (Wildman–Crippen LogP) is 2.20. The maximum absolute atomic E-state index is 12.9. The molecule has 1 amide bonds. The highest BCUT2D eigenvalue weighted by Gasteiger charge is 2.46. The Morgan fingerprint density at radius 2 is 1.54 bits per heavy atom. The highest BCUT2D eigenvalue weighted by Crippen LogP contribution is 2.34. The van der Waals surface area contributed by atoms with Crippen LogP contribution >= 0.6 is 0 Å². The number of carbonyl (C=O) groups excluding carboxylic acids is 1. The number of carbonyl (C=O) groups is 1. The first-order valence-corrected chi connectivity index (χ1v) is 9.45. The number of sulfone groups is 1. The summed E-state index contributed by atoms with van der Waals surface area (Å²) in [6.45, 7) is 0. The van der Waals surface area contributed by atoms with Gasteiger partial charge in [-0.1, -0.05) is 36.4 Å². The van der Waals surface area contributed by atoms with Gasteiger partial charge in [0, 0.05) is 11.7 Å². The molecule has 1 aliphatic rings. The molecule has 0 aromatic heterocycles. The van der Waals surface area contributed by atoms with Gasteiger partial charge in [-0.2, -0.15) is 0 Å². The van der Waals surface area contributed by atoms with E-state index < -0.39 is 27.0 Å². The van der Waals surface area contributed by atoms with Crippen molar-refractivity contribution in [1.29, 1.82) is 0 Å². The maximum atomic E-state index is 12.9. The molecule has 0 heterocycles. The van der Waals surface area contributed by atoms with Crippen LogP contribution in [0.2, 0.25) is 0 Å². The second kappa shape index (κ2) is 6.75. The molecule has 3 atom stereocenters. The van der Waals surface area contributed by atoms with Gasteiger partial charge in [0.05, 0.1) is 16.1 Å². The number of hydrogen-bond acceptors (Lipinski definition) is 4. The van der Waals surface area contributed by atoms with Crippen LogP contribution in [0.5, 0.6) is 0 Å². The smallest absolute Gasteiger partial charge is 0.230 e. The summed E-state index contributed by atoms with van der Waals surface area (Å²) in [5.74, 6) is -1.09. The monoisotopic (exact) mass is 344 g/mol. The van der Waals surface area contributed by atoms with Gasteiger partial charge in [-0.25, -0.2) is 8.42 Å². The quantitative estimate of drug-likeness (QED) is 0.890. The van der Waals surface area contributed by atoms with E-state index in [0.29, 0.717) is 18.5 Å².